The molecule has 0 aliphatic rings. The lowest BCUT2D eigenvalue weighted by molar-refractivity contribution is -0.145. The van der Waals surface area contributed by atoms with E-state index in [-0.39, 0.29) is 6.42 Å². The second-order valence-corrected chi connectivity index (χ2v) is 4.26. The Morgan fingerprint density at radius 1 is 1.27 bits per heavy atom. The van der Waals surface area contributed by atoms with Crippen LogP contribution in [0.4, 0.5) is 0 Å². The van der Waals surface area contributed by atoms with E-state index in [9.17, 15) is 4.79 Å². The molecule has 0 aromatic carbocycles. The minimum Gasteiger partial charge on any atom is -0.481 e. The van der Waals surface area contributed by atoms with Gasteiger partial charge in [-0.25, -0.2) is 0 Å². The molecule has 0 saturated carbocycles. The van der Waals surface area contributed by atoms with Crippen LogP contribution in [0.2, 0.25) is 0 Å². The minimum atomic E-state index is -0.776. The maximum Gasteiger partial charge on any atom is 0.306 e. The molecule has 0 heterocycles. The average molecular weight is 216 g/mol. The quantitative estimate of drug-likeness (QED) is 0.602. The summed E-state index contributed by atoms with van der Waals surface area (Å²) in [5, 5.41) is 8.80. The van der Waals surface area contributed by atoms with Crippen molar-refractivity contribution in [1.29, 1.82) is 0 Å². The molecule has 0 aromatic rings. The van der Waals surface area contributed by atoms with Crippen molar-refractivity contribution >= 4 is 5.97 Å². The SMILES string of the molecule is CCCCCCC(C)(CC(=O)O)OCC. The molecule has 0 aliphatic heterocycles. The zero-order chi connectivity index (χ0) is 11.7. The number of unbranched alkanes of at least 4 members (excludes halogenated alkanes) is 3. The number of aliphatic carboxylic acids is 1. The largest absolute Gasteiger partial charge is 0.481 e. The van der Waals surface area contributed by atoms with Gasteiger partial charge in [0.1, 0.15) is 0 Å². The molecule has 0 bridgehead atoms. The molecule has 0 aromatic heterocycles. The van der Waals surface area contributed by atoms with Gasteiger partial charge in [0, 0.05) is 6.61 Å². The van der Waals surface area contributed by atoms with Crippen LogP contribution in [0, 0.1) is 0 Å². The van der Waals surface area contributed by atoms with Crippen LogP contribution in [-0.2, 0) is 9.53 Å². The van der Waals surface area contributed by atoms with E-state index in [0.29, 0.717) is 6.61 Å². The van der Waals surface area contributed by atoms with Crippen molar-refractivity contribution in [3.05, 3.63) is 0 Å². The first-order valence-electron chi connectivity index (χ1n) is 5.90. The van der Waals surface area contributed by atoms with E-state index < -0.39 is 11.6 Å². The Hall–Kier alpha value is -0.570. The van der Waals surface area contributed by atoms with E-state index >= 15 is 0 Å². The van der Waals surface area contributed by atoms with E-state index in [1.807, 2.05) is 13.8 Å². The molecule has 3 heteroatoms. The van der Waals surface area contributed by atoms with Gasteiger partial charge in [-0.05, 0) is 20.3 Å². The Kier molecular flexibility index (Phi) is 7.39. The zero-order valence-electron chi connectivity index (χ0n) is 10.2. The Morgan fingerprint density at radius 2 is 1.93 bits per heavy atom. The smallest absolute Gasteiger partial charge is 0.306 e. The molecule has 3 nitrogen and oxygen atoms in total. The van der Waals surface area contributed by atoms with Gasteiger partial charge >= 0.3 is 5.97 Å². The third-order valence-corrected chi connectivity index (χ3v) is 2.58. The number of ether oxygens (including phenoxy) is 1. The van der Waals surface area contributed by atoms with E-state index in [1.165, 1.54) is 19.3 Å². The third kappa shape index (κ3) is 7.37. The van der Waals surface area contributed by atoms with Crippen molar-refractivity contribution in [1.82, 2.24) is 0 Å². The summed E-state index contributed by atoms with van der Waals surface area (Å²) < 4.78 is 5.54. The molecule has 0 saturated heterocycles. The summed E-state index contributed by atoms with van der Waals surface area (Å²) in [5.74, 6) is -0.776. The molecule has 0 spiro atoms. The van der Waals surface area contributed by atoms with Crippen molar-refractivity contribution in [2.24, 2.45) is 0 Å². The van der Waals surface area contributed by atoms with Crippen molar-refractivity contribution < 1.29 is 14.6 Å². The number of hydrogen-bond acceptors (Lipinski definition) is 2. The molecule has 90 valence electrons. The molecule has 0 radical (unpaired) electrons. The highest BCUT2D eigenvalue weighted by Gasteiger charge is 2.27. The van der Waals surface area contributed by atoms with Crippen LogP contribution in [0.25, 0.3) is 0 Å². The molecule has 0 aliphatic carbocycles. The van der Waals surface area contributed by atoms with Crippen molar-refractivity contribution in [2.75, 3.05) is 6.61 Å². The Balaban J connectivity index is 3.95. The zero-order valence-corrected chi connectivity index (χ0v) is 10.2. The van der Waals surface area contributed by atoms with Gasteiger partial charge in [-0.15, -0.1) is 0 Å². The number of rotatable bonds is 9. The molecule has 1 N–H and O–H groups in total. The number of carboxylic acids is 1. The molecule has 0 rings (SSSR count). The lowest BCUT2D eigenvalue weighted by Gasteiger charge is -2.27. The number of hydrogen-bond donors (Lipinski definition) is 1. The van der Waals surface area contributed by atoms with Gasteiger partial charge < -0.3 is 9.84 Å². The molecule has 1 unspecified atom stereocenters. The first kappa shape index (κ1) is 14.4. The van der Waals surface area contributed by atoms with Crippen LogP contribution in [0.3, 0.4) is 0 Å². The lowest BCUT2D eigenvalue weighted by Crippen LogP contribution is -2.31. The first-order chi connectivity index (χ1) is 7.04. The predicted octanol–water partition coefficient (Wildman–Crippen LogP) is 3.23. The maximum atomic E-state index is 10.7. The van der Waals surface area contributed by atoms with Crippen LogP contribution < -0.4 is 0 Å². The van der Waals surface area contributed by atoms with Crippen molar-refractivity contribution in [3.63, 3.8) is 0 Å². The number of carboxylic acid groups (broad SMARTS) is 1. The monoisotopic (exact) mass is 216 g/mol. The van der Waals surface area contributed by atoms with Crippen molar-refractivity contribution in [2.45, 2.75) is 64.9 Å². The first-order valence-corrected chi connectivity index (χ1v) is 5.90. The fourth-order valence-electron chi connectivity index (χ4n) is 1.81. The predicted molar refractivity (Wildman–Crippen MR) is 61.0 cm³/mol. The summed E-state index contributed by atoms with van der Waals surface area (Å²) in [5.41, 5.74) is -0.478. The topological polar surface area (TPSA) is 46.5 Å². The number of carbonyl (C=O) groups is 1. The van der Waals surface area contributed by atoms with Gasteiger partial charge in [0.2, 0.25) is 0 Å². The van der Waals surface area contributed by atoms with Gasteiger partial charge in [-0.2, -0.15) is 0 Å². The van der Waals surface area contributed by atoms with Gasteiger partial charge in [-0.3, -0.25) is 4.79 Å². The second-order valence-electron chi connectivity index (χ2n) is 4.26. The summed E-state index contributed by atoms with van der Waals surface area (Å²) in [4.78, 5) is 10.7. The van der Waals surface area contributed by atoms with Crippen LogP contribution in [-0.4, -0.2) is 23.3 Å². The Labute approximate surface area is 92.8 Å². The molecule has 15 heavy (non-hydrogen) atoms. The normalized spacial score (nSPS) is 14.9. The molecule has 0 amide bonds. The minimum absolute atomic E-state index is 0.104. The summed E-state index contributed by atoms with van der Waals surface area (Å²) >= 11 is 0. The van der Waals surface area contributed by atoms with Gasteiger partial charge in [-0.1, -0.05) is 32.6 Å². The fourth-order valence-corrected chi connectivity index (χ4v) is 1.81. The Bertz CT molecular complexity index is 180. The van der Waals surface area contributed by atoms with E-state index in [4.69, 9.17) is 9.84 Å². The van der Waals surface area contributed by atoms with Gasteiger partial charge in [0.15, 0.2) is 0 Å². The summed E-state index contributed by atoms with van der Waals surface area (Å²) in [7, 11) is 0. The Morgan fingerprint density at radius 3 is 2.40 bits per heavy atom. The van der Waals surface area contributed by atoms with Crippen LogP contribution in [0.5, 0.6) is 0 Å². The molecule has 1 atom stereocenters. The van der Waals surface area contributed by atoms with Crippen LogP contribution in [0.15, 0.2) is 0 Å². The third-order valence-electron chi connectivity index (χ3n) is 2.58. The summed E-state index contributed by atoms with van der Waals surface area (Å²) in [6, 6.07) is 0. The standard InChI is InChI=1S/C12H24O3/c1-4-6-7-8-9-12(3,15-5-2)10-11(13)14/h4-10H2,1-3H3,(H,13,14). The maximum absolute atomic E-state index is 10.7. The highest BCUT2D eigenvalue weighted by molar-refractivity contribution is 5.68. The van der Waals surface area contributed by atoms with Crippen LogP contribution in [0.1, 0.15) is 59.3 Å². The summed E-state index contributed by atoms with van der Waals surface area (Å²) in [6.07, 6.45) is 5.58. The average Bonchev–Trinajstić information content (AvgIpc) is 2.11. The lowest BCUT2D eigenvalue weighted by atomic mass is 9.94. The molecule has 0 fully saturated rings. The van der Waals surface area contributed by atoms with E-state index in [0.717, 1.165) is 12.8 Å². The highest BCUT2D eigenvalue weighted by Crippen LogP contribution is 2.23. The second kappa shape index (κ2) is 7.69. The van der Waals surface area contributed by atoms with Gasteiger partial charge in [0.25, 0.3) is 0 Å². The van der Waals surface area contributed by atoms with E-state index in [1.54, 1.807) is 0 Å². The summed E-state index contributed by atoms with van der Waals surface area (Å²) in [6.45, 7) is 6.55. The van der Waals surface area contributed by atoms with Crippen LogP contribution >= 0.6 is 0 Å². The molecular weight excluding hydrogens is 192 g/mol. The molecular formula is C12H24O3. The highest BCUT2D eigenvalue weighted by atomic mass is 16.5. The fraction of sp³-hybridized carbons (Fsp3) is 0.917. The van der Waals surface area contributed by atoms with Crippen molar-refractivity contribution in [3.8, 4) is 0 Å². The van der Waals surface area contributed by atoms with E-state index in [2.05, 4.69) is 6.92 Å². The van der Waals surface area contributed by atoms with Gasteiger partial charge in [0.05, 0.1) is 12.0 Å².